The van der Waals surface area contributed by atoms with Crippen LogP contribution < -0.4 is 5.32 Å². The number of fused-ring (bicyclic) bond motifs is 1. The lowest BCUT2D eigenvalue weighted by Gasteiger charge is -2.16. The van der Waals surface area contributed by atoms with Crippen molar-refractivity contribution in [2.75, 3.05) is 5.32 Å². The molecule has 0 bridgehead atoms. The van der Waals surface area contributed by atoms with Gasteiger partial charge in [-0.1, -0.05) is 18.7 Å². The fraction of sp³-hybridized carbons (Fsp3) is 0.208. The van der Waals surface area contributed by atoms with Crippen LogP contribution in [0.5, 0.6) is 0 Å². The number of hydrogen-bond acceptors (Lipinski definition) is 3. The van der Waals surface area contributed by atoms with Crippen LogP contribution in [0, 0.1) is 31.4 Å². The van der Waals surface area contributed by atoms with Gasteiger partial charge in [-0.15, -0.1) is 0 Å². The van der Waals surface area contributed by atoms with Gasteiger partial charge in [-0.25, -0.2) is 4.98 Å². The third-order valence-electron chi connectivity index (χ3n) is 5.94. The number of hydrogen-bond donors (Lipinski definition) is 2. The molecule has 3 aromatic heterocycles. The van der Waals surface area contributed by atoms with Crippen LogP contribution in [0.1, 0.15) is 22.4 Å². The quantitative estimate of drug-likeness (QED) is 0.269. The topological polar surface area (TPSA) is 75.6 Å². The summed E-state index contributed by atoms with van der Waals surface area (Å²) in [7, 11) is 1.94. The highest BCUT2D eigenvalue weighted by atomic mass is 127. The Morgan fingerprint density at radius 1 is 1.13 bits per heavy atom. The van der Waals surface area contributed by atoms with Crippen LogP contribution in [-0.4, -0.2) is 25.7 Å². The van der Waals surface area contributed by atoms with Crippen LogP contribution in [0.3, 0.4) is 0 Å². The van der Waals surface area contributed by atoms with Crippen molar-refractivity contribution < 1.29 is 4.79 Å². The minimum Gasteiger partial charge on any atom is -0.334 e. The monoisotopic (exact) mass is 525 g/mol. The number of pyridine rings is 1. The number of nitrogens with one attached hydrogen (secondary N) is 2. The van der Waals surface area contributed by atoms with Crippen LogP contribution in [0.2, 0.25) is 0 Å². The van der Waals surface area contributed by atoms with Crippen molar-refractivity contribution in [2.24, 2.45) is 7.05 Å². The Morgan fingerprint density at radius 3 is 2.52 bits per heavy atom. The van der Waals surface area contributed by atoms with E-state index in [1.807, 2.05) is 44.0 Å². The molecular weight excluding hydrogens is 501 g/mol. The van der Waals surface area contributed by atoms with Gasteiger partial charge < -0.3 is 10.3 Å². The maximum Gasteiger partial charge on any atom is 0.247 e. The molecule has 0 spiro atoms. The second kappa shape index (κ2) is 7.96. The van der Waals surface area contributed by atoms with E-state index in [0.717, 1.165) is 65.1 Å². The van der Waals surface area contributed by atoms with Gasteiger partial charge in [0, 0.05) is 46.7 Å². The number of nitrogens with zero attached hydrogens (tertiary/aromatic N) is 3. The predicted molar refractivity (Wildman–Crippen MR) is 134 cm³/mol. The third kappa shape index (κ3) is 3.46. The number of halogens is 1. The molecule has 31 heavy (non-hydrogen) atoms. The molecule has 7 heteroatoms. The van der Waals surface area contributed by atoms with E-state index in [0.29, 0.717) is 0 Å². The summed E-state index contributed by atoms with van der Waals surface area (Å²) in [5.41, 5.74) is 10.2. The molecule has 0 radical (unpaired) electrons. The summed E-state index contributed by atoms with van der Waals surface area (Å²) in [6.07, 6.45) is 5.09. The van der Waals surface area contributed by atoms with Gasteiger partial charge >= 0.3 is 0 Å². The highest BCUT2D eigenvalue weighted by Gasteiger charge is 2.21. The van der Waals surface area contributed by atoms with Crippen molar-refractivity contribution in [2.45, 2.75) is 27.7 Å². The van der Waals surface area contributed by atoms with E-state index in [4.69, 9.17) is 4.98 Å². The van der Waals surface area contributed by atoms with E-state index in [-0.39, 0.29) is 5.91 Å². The van der Waals surface area contributed by atoms with Gasteiger partial charge in [0.15, 0.2) is 0 Å². The van der Waals surface area contributed by atoms with Gasteiger partial charge in [0.05, 0.1) is 9.90 Å². The Bertz CT molecular complexity index is 1360. The highest BCUT2D eigenvalue weighted by molar-refractivity contribution is 14.1. The summed E-state index contributed by atoms with van der Waals surface area (Å²) in [6.45, 7) is 11.8. The Morgan fingerprint density at radius 2 is 1.87 bits per heavy atom. The molecule has 0 aliphatic heterocycles. The van der Waals surface area contributed by atoms with Crippen molar-refractivity contribution in [1.29, 1.82) is 0 Å². The summed E-state index contributed by atoms with van der Waals surface area (Å²) < 4.78 is 2.88. The molecule has 1 aromatic carbocycles. The summed E-state index contributed by atoms with van der Waals surface area (Å²) in [5.74, 6) is -0.218. The molecule has 2 N–H and O–H groups in total. The number of carbonyl (C=O) groups is 1. The van der Waals surface area contributed by atoms with E-state index in [1.54, 1.807) is 0 Å². The van der Waals surface area contributed by atoms with Crippen LogP contribution >= 0.6 is 22.6 Å². The van der Waals surface area contributed by atoms with Crippen molar-refractivity contribution in [3.8, 4) is 22.3 Å². The lowest BCUT2D eigenvalue weighted by Crippen LogP contribution is -2.10. The molecule has 4 rings (SSSR count). The molecule has 0 aliphatic carbocycles. The maximum absolute atomic E-state index is 12.0. The minimum atomic E-state index is -0.218. The fourth-order valence-electron chi connectivity index (χ4n) is 4.05. The molecule has 4 aromatic rings. The van der Waals surface area contributed by atoms with Crippen LogP contribution in [-0.2, 0) is 11.8 Å². The second-order valence-corrected chi connectivity index (χ2v) is 8.80. The van der Waals surface area contributed by atoms with Gasteiger partial charge in [-0.3, -0.25) is 9.48 Å². The number of benzene rings is 1. The number of rotatable bonds is 4. The van der Waals surface area contributed by atoms with E-state index in [9.17, 15) is 4.79 Å². The number of aryl methyl sites for hydroxylation is 3. The van der Waals surface area contributed by atoms with Crippen molar-refractivity contribution >= 4 is 45.2 Å². The van der Waals surface area contributed by atoms with Crippen LogP contribution in [0.4, 0.5) is 5.69 Å². The number of amides is 1. The predicted octanol–water partition coefficient (Wildman–Crippen LogP) is 5.59. The molecule has 0 atom stereocenters. The molecule has 158 valence electrons. The van der Waals surface area contributed by atoms with E-state index in [1.165, 1.54) is 6.08 Å². The van der Waals surface area contributed by atoms with E-state index < -0.39 is 0 Å². The van der Waals surface area contributed by atoms with E-state index in [2.05, 4.69) is 64.5 Å². The molecule has 0 fully saturated rings. The number of carbonyl (C=O) groups excluding carboxylic acids is 1. The fourth-order valence-corrected chi connectivity index (χ4v) is 4.87. The average Bonchev–Trinajstić information content (AvgIpc) is 3.25. The second-order valence-electron chi connectivity index (χ2n) is 7.73. The molecule has 6 nitrogen and oxygen atoms in total. The number of H-pyrrole nitrogens is 1. The van der Waals surface area contributed by atoms with Crippen molar-refractivity contribution in [3.05, 3.63) is 63.3 Å². The Labute approximate surface area is 194 Å². The standard InChI is InChI=1S/C24H24IN5O/c1-7-19(31)28-22-12(2)8-9-16(14(22)4)21-20-13(3)17(10-26-24(20)29-23(21)25)18-11-27-30(6)15(18)5/h7-11H,1H2,2-6H3,(H,26,29)(H,28,31). The summed E-state index contributed by atoms with van der Waals surface area (Å²) in [6, 6.07) is 4.15. The van der Waals surface area contributed by atoms with Crippen LogP contribution in [0.15, 0.2) is 37.2 Å². The Balaban J connectivity index is 1.99. The van der Waals surface area contributed by atoms with Gasteiger partial charge in [-0.05, 0) is 78.6 Å². The highest BCUT2D eigenvalue weighted by Crippen LogP contribution is 2.41. The number of aromatic nitrogens is 4. The molecule has 0 unspecified atom stereocenters. The average molecular weight is 525 g/mol. The van der Waals surface area contributed by atoms with E-state index >= 15 is 0 Å². The zero-order chi connectivity index (χ0) is 22.4. The molecule has 0 aliphatic rings. The third-order valence-corrected chi connectivity index (χ3v) is 6.75. The molecule has 1 amide bonds. The first-order valence-corrected chi connectivity index (χ1v) is 11.0. The summed E-state index contributed by atoms with van der Waals surface area (Å²) >= 11 is 2.33. The summed E-state index contributed by atoms with van der Waals surface area (Å²) in [5, 5.41) is 8.45. The van der Waals surface area contributed by atoms with Crippen molar-refractivity contribution in [3.63, 3.8) is 0 Å². The summed E-state index contributed by atoms with van der Waals surface area (Å²) in [4.78, 5) is 20.2. The zero-order valence-corrected chi connectivity index (χ0v) is 20.4. The molecule has 0 saturated carbocycles. The first-order valence-electron chi connectivity index (χ1n) is 9.94. The number of aromatic amines is 1. The Kier molecular flexibility index (Phi) is 5.47. The van der Waals surface area contributed by atoms with Gasteiger partial charge in [0.2, 0.25) is 5.91 Å². The first-order chi connectivity index (χ1) is 14.7. The van der Waals surface area contributed by atoms with Gasteiger partial charge in [-0.2, -0.15) is 5.10 Å². The smallest absolute Gasteiger partial charge is 0.247 e. The maximum atomic E-state index is 12.0. The lowest BCUT2D eigenvalue weighted by atomic mass is 9.93. The lowest BCUT2D eigenvalue weighted by molar-refractivity contribution is -0.111. The molecule has 0 saturated heterocycles. The van der Waals surface area contributed by atoms with Gasteiger partial charge in [0.25, 0.3) is 0 Å². The first kappa shape index (κ1) is 21.3. The number of anilines is 1. The zero-order valence-electron chi connectivity index (χ0n) is 18.2. The minimum absolute atomic E-state index is 0.218. The normalized spacial score (nSPS) is 11.2. The SMILES string of the molecule is C=CC(=O)Nc1c(C)ccc(-c2c(I)[nH]c3ncc(-c4cnn(C)c4C)c(C)c23)c1C. The largest absolute Gasteiger partial charge is 0.334 e. The van der Waals surface area contributed by atoms with Crippen LogP contribution in [0.25, 0.3) is 33.3 Å². The molecule has 3 heterocycles. The molecular formula is C24H24IN5O. The van der Waals surface area contributed by atoms with Crippen molar-refractivity contribution in [1.82, 2.24) is 19.7 Å². The Hall–Kier alpha value is -2.94. The van der Waals surface area contributed by atoms with Gasteiger partial charge in [0.1, 0.15) is 5.65 Å².